The molecule has 33 heavy (non-hydrogen) atoms. The lowest BCUT2D eigenvalue weighted by Gasteiger charge is -2.12. The molecule has 0 aliphatic carbocycles. The number of ether oxygens (including phenoxy) is 1. The van der Waals surface area contributed by atoms with Crippen molar-refractivity contribution in [1.82, 2.24) is 9.78 Å². The maximum Gasteiger partial charge on any atom is 0.226 e. The van der Waals surface area contributed by atoms with Crippen molar-refractivity contribution >= 4 is 11.6 Å². The Bertz CT molecular complexity index is 1230. The number of rotatable bonds is 8. The highest BCUT2D eigenvalue weighted by molar-refractivity contribution is 5.90. The summed E-state index contributed by atoms with van der Waals surface area (Å²) in [7, 11) is 0. The van der Waals surface area contributed by atoms with Crippen LogP contribution in [0.2, 0.25) is 0 Å². The molecule has 5 nitrogen and oxygen atoms in total. The zero-order valence-electron chi connectivity index (χ0n) is 18.7. The zero-order chi connectivity index (χ0) is 23.2. The summed E-state index contributed by atoms with van der Waals surface area (Å²) in [6.45, 7) is 4.06. The maximum atomic E-state index is 13.4. The average Bonchev–Trinajstić information content (AvgIpc) is 3.17. The minimum absolute atomic E-state index is 0.198. The molecule has 4 aromatic rings. The third-order valence-corrected chi connectivity index (χ3v) is 5.30. The number of aryl methyl sites for hydroxylation is 2. The van der Waals surface area contributed by atoms with Crippen molar-refractivity contribution in [3.8, 4) is 17.3 Å². The number of para-hydroxylation sites is 1. The Hall–Kier alpha value is -3.93. The topological polar surface area (TPSA) is 56.2 Å². The number of benzene rings is 3. The van der Waals surface area contributed by atoms with E-state index in [9.17, 15) is 9.18 Å². The van der Waals surface area contributed by atoms with Gasteiger partial charge in [-0.15, -0.1) is 0 Å². The fourth-order valence-electron chi connectivity index (χ4n) is 3.61. The van der Waals surface area contributed by atoms with E-state index in [-0.39, 0.29) is 18.1 Å². The van der Waals surface area contributed by atoms with Gasteiger partial charge in [-0.25, -0.2) is 9.07 Å². The Kier molecular flexibility index (Phi) is 6.83. The number of carbonyl (C=O) groups excluding carboxylic acids is 1. The number of halogens is 1. The van der Waals surface area contributed by atoms with Gasteiger partial charge in [0.1, 0.15) is 11.6 Å². The van der Waals surface area contributed by atoms with E-state index in [4.69, 9.17) is 9.84 Å². The minimum atomic E-state index is -0.390. The molecule has 1 N–H and O–H groups in total. The summed E-state index contributed by atoms with van der Waals surface area (Å²) in [6.07, 6.45) is 1.36. The largest absolute Gasteiger partial charge is 0.439 e. The van der Waals surface area contributed by atoms with Gasteiger partial charge in [-0.1, -0.05) is 48.9 Å². The molecule has 1 heterocycles. The van der Waals surface area contributed by atoms with Gasteiger partial charge in [0.05, 0.1) is 11.4 Å². The van der Waals surface area contributed by atoms with Crippen molar-refractivity contribution in [2.75, 3.05) is 5.32 Å². The molecule has 4 rings (SSSR count). The lowest BCUT2D eigenvalue weighted by molar-refractivity contribution is -0.116. The predicted molar refractivity (Wildman–Crippen MR) is 128 cm³/mol. The normalized spacial score (nSPS) is 10.8. The van der Waals surface area contributed by atoms with Crippen molar-refractivity contribution in [1.29, 1.82) is 0 Å². The quantitative estimate of drug-likeness (QED) is 0.350. The third-order valence-electron chi connectivity index (χ3n) is 5.30. The van der Waals surface area contributed by atoms with Crippen LogP contribution in [0.4, 0.5) is 10.1 Å². The van der Waals surface area contributed by atoms with Gasteiger partial charge in [0.2, 0.25) is 11.8 Å². The molecule has 1 aromatic heterocycles. The predicted octanol–water partition coefficient (Wildman–Crippen LogP) is 6.25. The van der Waals surface area contributed by atoms with Crippen molar-refractivity contribution in [3.05, 3.63) is 102 Å². The van der Waals surface area contributed by atoms with Crippen LogP contribution in [-0.2, 0) is 17.6 Å². The van der Waals surface area contributed by atoms with Crippen LogP contribution in [0.1, 0.15) is 30.2 Å². The number of carbonyl (C=O) groups is 1. The molecule has 0 radical (unpaired) electrons. The van der Waals surface area contributed by atoms with Crippen LogP contribution in [0, 0.1) is 12.7 Å². The van der Waals surface area contributed by atoms with Gasteiger partial charge >= 0.3 is 0 Å². The number of nitrogens with one attached hydrogen (secondary N) is 1. The highest BCUT2D eigenvalue weighted by Crippen LogP contribution is 2.32. The van der Waals surface area contributed by atoms with E-state index >= 15 is 0 Å². The molecular formula is C27H26FN3O2. The van der Waals surface area contributed by atoms with Crippen LogP contribution in [0.25, 0.3) is 5.69 Å². The Labute approximate surface area is 192 Å². The smallest absolute Gasteiger partial charge is 0.226 e. The Balaban J connectivity index is 1.63. The number of aromatic nitrogens is 2. The summed E-state index contributed by atoms with van der Waals surface area (Å²) in [5.41, 5.74) is 4.22. The molecule has 0 unspecified atom stereocenters. The van der Waals surface area contributed by atoms with E-state index in [0.717, 1.165) is 22.5 Å². The molecule has 168 valence electrons. The second kappa shape index (κ2) is 10.1. The fraction of sp³-hybridized carbons (Fsp3) is 0.185. The minimum Gasteiger partial charge on any atom is -0.439 e. The number of amides is 1. The van der Waals surface area contributed by atoms with Crippen LogP contribution in [-0.4, -0.2) is 15.7 Å². The molecule has 0 aliphatic rings. The summed E-state index contributed by atoms with van der Waals surface area (Å²) in [5.74, 6) is 0.710. The molecular weight excluding hydrogens is 417 g/mol. The lowest BCUT2D eigenvalue weighted by Crippen LogP contribution is -2.13. The Morgan fingerprint density at radius 1 is 1.03 bits per heavy atom. The van der Waals surface area contributed by atoms with Gasteiger partial charge in [-0.05, 0) is 62.2 Å². The molecule has 0 spiro atoms. The Morgan fingerprint density at radius 3 is 2.48 bits per heavy atom. The van der Waals surface area contributed by atoms with E-state index in [0.29, 0.717) is 30.2 Å². The first-order chi connectivity index (χ1) is 16.0. The summed E-state index contributed by atoms with van der Waals surface area (Å²) < 4.78 is 21.5. The van der Waals surface area contributed by atoms with Crippen LogP contribution >= 0.6 is 0 Å². The van der Waals surface area contributed by atoms with Crippen LogP contribution in [0.3, 0.4) is 0 Å². The second-order valence-electron chi connectivity index (χ2n) is 7.80. The standard InChI is InChI=1S/C27H26FN3O2/c1-3-25-24(16-17-26(32)29-21-9-7-8-20(28)18-21)27(33-23-14-12-19(2)13-15-23)31(30-25)22-10-5-4-6-11-22/h4-15,18H,3,16-17H2,1-2H3,(H,29,32). The molecule has 6 heteroatoms. The highest BCUT2D eigenvalue weighted by Gasteiger charge is 2.21. The maximum absolute atomic E-state index is 13.4. The van der Waals surface area contributed by atoms with Crippen molar-refractivity contribution in [2.45, 2.75) is 33.1 Å². The zero-order valence-corrected chi connectivity index (χ0v) is 18.7. The number of hydrogen-bond donors (Lipinski definition) is 1. The number of hydrogen-bond acceptors (Lipinski definition) is 3. The molecule has 0 saturated carbocycles. The van der Waals surface area contributed by atoms with Gasteiger partial charge in [-0.3, -0.25) is 4.79 Å². The molecule has 0 bridgehead atoms. The summed E-state index contributed by atoms with van der Waals surface area (Å²) in [6, 6.07) is 23.5. The molecule has 1 amide bonds. The van der Waals surface area contributed by atoms with Gasteiger partial charge in [0.25, 0.3) is 0 Å². The third kappa shape index (κ3) is 5.47. The van der Waals surface area contributed by atoms with Crippen molar-refractivity contribution in [2.24, 2.45) is 0 Å². The first-order valence-corrected chi connectivity index (χ1v) is 11.0. The molecule has 0 aliphatic heterocycles. The van der Waals surface area contributed by atoms with Crippen molar-refractivity contribution in [3.63, 3.8) is 0 Å². The van der Waals surface area contributed by atoms with Gasteiger partial charge in [-0.2, -0.15) is 5.10 Å². The van der Waals surface area contributed by atoms with Gasteiger partial charge < -0.3 is 10.1 Å². The van der Waals surface area contributed by atoms with E-state index in [1.165, 1.54) is 12.1 Å². The summed E-state index contributed by atoms with van der Waals surface area (Å²) >= 11 is 0. The van der Waals surface area contributed by atoms with Gasteiger partial charge in [0.15, 0.2) is 0 Å². The average molecular weight is 444 g/mol. The number of anilines is 1. The Morgan fingerprint density at radius 2 is 1.79 bits per heavy atom. The molecule has 0 saturated heterocycles. The summed E-state index contributed by atoms with van der Waals surface area (Å²) in [5, 5.41) is 7.55. The van der Waals surface area contributed by atoms with Gasteiger partial charge in [0, 0.05) is 17.7 Å². The monoisotopic (exact) mass is 443 g/mol. The van der Waals surface area contributed by atoms with E-state index in [1.54, 1.807) is 16.8 Å². The molecule has 0 fully saturated rings. The lowest BCUT2D eigenvalue weighted by atomic mass is 10.1. The second-order valence-corrected chi connectivity index (χ2v) is 7.80. The van der Waals surface area contributed by atoms with Crippen LogP contribution in [0.5, 0.6) is 11.6 Å². The highest BCUT2D eigenvalue weighted by atomic mass is 19.1. The van der Waals surface area contributed by atoms with E-state index < -0.39 is 0 Å². The van der Waals surface area contributed by atoms with Crippen molar-refractivity contribution < 1.29 is 13.9 Å². The van der Waals surface area contributed by atoms with Crippen LogP contribution < -0.4 is 10.1 Å². The SMILES string of the molecule is CCc1nn(-c2ccccc2)c(Oc2ccc(C)cc2)c1CCC(=O)Nc1cccc(F)c1. The first-order valence-electron chi connectivity index (χ1n) is 11.0. The fourth-order valence-corrected chi connectivity index (χ4v) is 3.61. The molecule has 3 aromatic carbocycles. The first kappa shape index (κ1) is 22.3. The van der Waals surface area contributed by atoms with Crippen LogP contribution in [0.15, 0.2) is 78.9 Å². The van der Waals surface area contributed by atoms with E-state index in [1.807, 2.05) is 68.4 Å². The van der Waals surface area contributed by atoms with E-state index in [2.05, 4.69) is 5.32 Å². The molecule has 0 atom stereocenters. The summed E-state index contributed by atoms with van der Waals surface area (Å²) in [4.78, 5) is 12.6. The number of nitrogens with zero attached hydrogens (tertiary/aromatic N) is 2.